The number of ether oxygens (including phenoxy) is 1. The first-order valence-electron chi connectivity index (χ1n) is 10.4. The maximum absolute atomic E-state index is 12.8. The van der Waals surface area contributed by atoms with Crippen LogP contribution in [0.4, 0.5) is 10.5 Å². The zero-order valence-corrected chi connectivity index (χ0v) is 17.9. The molecule has 4 rings (SSSR count). The Labute approximate surface area is 180 Å². The van der Waals surface area contributed by atoms with Gasteiger partial charge in [-0.3, -0.25) is 0 Å². The molecular formula is C22H26N4O3S. The molecule has 1 N–H and O–H groups in total. The van der Waals surface area contributed by atoms with Crippen molar-refractivity contribution >= 4 is 23.1 Å². The Hall–Kier alpha value is -2.87. The molecular weight excluding hydrogens is 400 g/mol. The summed E-state index contributed by atoms with van der Waals surface area (Å²) < 4.78 is 11.6. The van der Waals surface area contributed by atoms with Gasteiger partial charge in [-0.2, -0.15) is 0 Å². The molecule has 2 amide bonds. The summed E-state index contributed by atoms with van der Waals surface area (Å²) in [5, 5.41) is 13.4. The fourth-order valence-corrected chi connectivity index (χ4v) is 4.08. The summed E-state index contributed by atoms with van der Waals surface area (Å²) in [4.78, 5) is 15.5. The lowest BCUT2D eigenvalue weighted by Crippen LogP contribution is -2.41. The van der Waals surface area contributed by atoms with Crippen molar-refractivity contribution in [3.05, 3.63) is 47.7 Å². The second kappa shape index (κ2) is 9.75. The smallest absolute Gasteiger partial charge is 0.321 e. The monoisotopic (exact) mass is 426 g/mol. The first-order chi connectivity index (χ1) is 14.7. The quantitative estimate of drug-likeness (QED) is 0.513. The topological polar surface area (TPSA) is 80.5 Å². The van der Waals surface area contributed by atoms with Crippen molar-refractivity contribution in [2.24, 2.45) is 0 Å². The van der Waals surface area contributed by atoms with Crippen molar-refractivity contribution < 1.29 is 13.9 Å². The van der Waals surface area contributed by atoms with Gasteiger partial charge >= 0.3 is 6.03 Å². The molecule has 0 bridgehead atoms. The molecule has 7 nitrogen and oxygen atoms in total. The fourth-order valence-electron chi connectivity index (χ4n) is 3.43. The second-order valence-corrected chi connectivity index (χ2v) is 8.31. The third kappa shape index (κ3) is 4.99. The van der Waals surface area contributed by atoms with Gasteiger partial charge in [0.2, 0.25) is 5.89 Å². The molecule has 1 aliphatic rings. The van der Waals surface area contributed by atoms with Crippen LogP contribution in [0.15, 0.2) is 46.2 Å². The van der Waals surface area contributed by atoms with Crippen LogP contribution in [0.2, 0.25) is 0 Å². The SMILES string of the molecule is CCCCOc1ccc(NC(=O)N2CCCC(c3nnc(-c4cccs4)o3)C2)cc1. The van der Waals surface area contributed by atoms with Gasteiger partial charge in [0.15, 0.2) is 0 Å². The number of piperidine rings is 1. The molecule has 3 heterocycles. The number of anilines is 1. The zero-order valence-electron chi connectivity index (χ0n) is 17.0. The number of aromatic nitrogens is 2. The summed E-state index contributed by atoms with van der Waals surface area (Å²) in [6.07, 6.45) is 3.96. The predicted molar refractivity (Wildman–Crippen MR) is 117 cm³/mol. The molecule has 0 aliphatic carbocycles. The van der Waals surface area contributed by atoms with Crippen LogP contribution in [-0.4, -0.2) is 40.8 Å². The number of nitrogens with zero attached hydrogens (tertiary/aromatic N) is 3. The van der Waals surface area contributed by atoms with Gasteiger partial charge in [-0.05, 0) is 55.0 Å². The predicted octanol–water partition coefficient (Wildman–Crippen LogP) is 5.39. The largest absolute Gasteiger partial charge is 0.494 e. The van der Waals surface area contributed by atoms with Crippen LogP contribution in [0, 0.1) is 0 Å². The average molecular weight is 427 g/mol. The third-order valence-electron chi connectivity index (χ3n) is 5.10. The van der Waals surface area contributed by atoms with E-state index in [2.05, 4.69) is 22.4 Å². The highest BCUT2D eigenvalue weighted by Crippen LogP contribution is 2.30. The molecule has 1 fully saturated rings. The highest BCUT2D eigenvalue weighted by molar-refractivity contribution is 7.13. The molecule has 158 valence electrons. The number of thiophene rings is 1. The van der Waals surface area contributed by atoms with E-state index in [4.69, 9.17) is 9.15 Å². The van der Waals surface area contributed by atoms with Crippen LogP contribution >= 0.6 is 11.3 Å². The van der Waals surface area contributed by atoms with Crippen molar-refractivity contribution in [3.63, 3.8) is 0 Å². The number of amides is 2. The zero-order chi connectivity index (χ0) is 20.8. The first kappa shape index (κ1) is 20.4. The molecule has 1 unspecified atom stereocenters. The third-order valence-corrected chi connectivity index (χ3v) is 5.96. The van der Waals surface area contributed by atoms with Crippen molar-refractivity contribution in [1.29, 1.82) is 0 Å². The van der Waals surface area contributed by atoms with E-state index in [-0.39, 0.29) is 11.9 Å². The number of carbonyl (C=O) groups is 1. The van der Waals surface area contributed by atoms with Gasteiger partial charge in [-0.25, -0.2) is 4.79 Å². The van der Waals surface area contributed by atoms with Gasteiger partial charge in [0.1, 0.15) is 5.75 Å². The highest BCUT2D eigenvalue weighted by atomic mass is 32.1. The van der Waals surface area contributed by atoms with Crippen molar-refractivity contribution in [3.8, 4) is 16.5 Å². The summed E-state index contributed by atoms with van der Waals surface area (Å²) in [7, 11) is 0. The van der Waals surface area contributed by atoms with Crippen molar-refractivity contribution in [2.75, 3.05) is 25.0 Å². The first-order valence-corrected chi connectivity index (χ1v) is 11.3. The van der Waals surface area contributed by atoms with Crippen LogP contribution < -0.4 is 10.1 Å². The van der Waals surface area contributed by atoms with Crippen LogP contribution in [0.3, 0.4) is 0 Å². The number of nitrogens with one attached hydrogen (secondary N) is 1. The minimum atomic E-state index is -0.114. The van der Waals surface area contributed by atoms with Crippen LogP contribution in [-0.2, 0) is 0 Å². The normalized spacial score (nSPS) is 16.4. The molecule has 3 aromatic rings. The number of rotatable bonds is 7. The molecule has 0 saturated carbocycles. The van der Waals surface area contributed by atoms with Gasteiger partial charge in [-0.15, -0.1) is 21.5 Å². The molecule has 1 aromatic carbocycles. The van der Waals surface area contributed by atoms with E-state index >= 15 is 0 Å². The summed E-state index contributed by atoms with van der Waals surface area (Å²) in [6, 6.07) is 11.3. The standard InChI is InChI=1S/C22H26N4O3S/c1-2-3-13-28-18-10-8-17(9-11-18)23-22(27)26-12-4-6-16(15-26)20-24-25-21(29-20)19-7-5-14-30-19/h5,7-11,14,16H,2-4,6,12-13,15H2,1H3,(H,23,27). The number of carbonyl (C=O) groups excluding carboxylic acids is 1. The fraction of sp³-hybridized carbons (Fsp3) is 0.409. The van der Waals surface area contributed by atoms with Gasteiger partial charge < -0.3 is 19.4 Å². The Morgan fingerprint density at radius 3 is 2.93 bits per heavy atom. The number of benzene rings is 1. The number of likely N-dealkylation sites (tertiary alicyclic amines) is 1. The Morgan fingerprint density at radius 1 is 1.30 bits per heavy atom. The maximum atomic E-state index is 12.8. The number of hydrogen-bond donors (Lipinski definition) is 1. The van der Waals surface area contributed by atoms with E-state index < -0.39 is 0 Å². The van der Waals surface area contributed by atoms with E-state index in [0.29, 0.717) is 31.5 Å². The molecule has 0 radical (unpaired) electrons. The van der Waals surface area contributed by atoms with E-state index in [1.807, 2.05) is 46.7 Å². The van der Waals surface area contributed by atoms with Crippen molar-refractivity contribution in [2.45, 2.75) is 38.5 Å². The molecule has 8 heteroatoms. The molecule has 30 heavy (non-hydrogen) atoms. The summed E-state index contributed by atoms with van der Waals surface area (Å²) in [5.74, 6) is 2.02. The van der Waals surface area contributed by atoms with Gasteiger partial charge in [0.25, 0.3) is 5.89 Å². The van der Waals surface area contributed by atoms with Crippen molar-refractivity contribution in [1.82, 2.24) is 15.1 Å². The lowest BCUT2D eigenvalue weighted by atomic mass is 9.98. The maximum Gasteiger partial charge on any atom is 0.321 e. The van der Waals surface area contributed by atoms with Gasteiger partial charge in [0, 0.05) is 18.8 Å². The van der Waals surface area contributed by atoms with E-state index in [1.165, 1.54) is 0 Å². The number of urea groups is 1. The van der Waals surface area contributed by atoms with Crippen LogP contribution in [0.1, 0.15) is 44.4 Å². The molecule has 1 saturated heterocycles. The average Bonchev–Trinajstić information content (AvgIpc) is 3.47. The van der Waals surface area contributed by atoms with E-state index in [9.17, 15) is 4.79 Å². The number of unbranched alkanes of at least 4 members (excludes halogenated alkanes) is 1. The molecule has 1 aliphatic heterocycles. The minimum Gasteiger partial charge on any atom is -0.494 e. The van der Waals surface area contributed by atoms with Gasteiger partial charge in [0.05, 0.1) is 17.4 Å². The Kier molecular flexibility index (Phi) is 6.63. The highest BCUT2D eigenvalue weighted by Gasteiger charge is 2.28. The Morgan fingerprint density at radius 2 is 2.17 bits per heavy atom. The Balaban J connectivity index is 1.33. The second-order valence-electron chi connectivity index (χ2n) is 7.36. The van der Waals surface area contributed by atoms with Crippen LogP contribution in [0.25, 0.3) is 10.8 Å². The molecule has 2 aromatic heterocycles. The van der Waals surface area contributed by atoms with Crippen LogP contribution in [0.5, 0.6) is 5.75 Å². The van der Waals surface area contributed by atoms with E-state index in [0.717, 1.165) is 42.0 Å². The molecule has 0 spiro atoms. The van der Waals surface area contributed by atoms with Gasteiger partial charge in [-0.1, -0.05) is 19.4 Å². The van der Waals surface area contributed by atoms with E-state index in [1.54, 1.807) is 11.3 Å². The minimum absolute atomic E-state index is 0.0556. The summed E-state index contributed by atoms with van der Waals surface area (Å²) >= 11 is 1.57. The Bertz CT molecular complexity index is 940. The lowest BCUT2D eigenvalue weighted by molar-refractivity contribution is 0.187. The lowest BCUT2D eigenvalue weighted by Gasteiger charge is -2.31. The number of hydrogen-bond acceptors (Lipinski definition) is 6. The summed E-state index contributed by atoms with van der Waals surface area (Å²) in [5.41, 5.74) is 0.753. The summed E-state index contributed by atoms with van der Waals surface area (Å²) in [6.45, 7) is 4.12. The molecule has 1 atom stereocenters.